The van der Waals surface area contributed by atoms with Crippen LogP contribution in [0.2, 0.25) is 0 Å². The van der Waals surface area contributed by atoms with Crippen molar-refractivity contribution in [2.75, 3.05) is 6.54 Å². The molecule has 0 aliphatic heterocycles. The summed E-state index contributed by atoms with van der Waals surface area (Å²) in [6.45, 7) is 4.74. The summed E-state index contributed by atoms with van der Waals surface area (Å²) < 4.78 is 43.5. The highest BCUT2D eigenvalue weighted by atomic mass is 79.9. The predicted molar refractivity (Wildman–Crippen MR) is 77.4 cm³/mol. The van der Waals surface area contributed by atoms with Crippen LogP contribution in [-0.2, 0) is 6.54 Å². The van der Waals surface area contributed by atoms with Crippen LogP contribution in [0.5, 0.6) is 0 Å². The number of rotatable bonds is 5. The normalized spacial score (nSPS) is 12.7. The molecule has 1 unspecified atom stereocenters. The molecule has 0 radical (unpaired) electrons. The molecule has 2 aromatic rings. The summed E-state index contributed by atoms with van der Waals surface area (Å²) in [6, 6.07) is 0.611. The maximum atomic E-state index is 14.1. The molecular weight excluding hydrogens is 347 g/mol. The van der Waals surface area contributed by atoms with Gasteiger partial charge in [-0.25, -0.2) is 13.2 Å². The number of aryl methyl sites for hydroxylation is 1. The van der Waals surface area contributed by atoms with Gasteiger partial charge in [-0.2, -0.15) is 5.10 Å². The second kappa shape index (κ2) is 6.62. The van der Waals surface area contributed by atoms with E-state index in [1.165, 1.54) is 0 Å². The first-order valence-corrected chi connectivity index (χ1v) is 7.37. The molecule has 0 saturated carbocycles. The standard InChI is InChI=1S/C14H15BrF3N3/c1-3-19-13(14-9(15)7-20-21(14)4-2)12-10(17)5-8(16)6-11(12)18/h5-7,13,19H,3-4H2,1-2H3. The number of aromatic nitrogens is 2. The Morgan fingerprint density at radius 2 is 1.86 bits per heavy atom. The van der Waals surface area contributed by atoms with Gasteiger partial charge in [0.2, 0.25) is 0 Å². The molecule has 7 heteroatoms. The summed E-state index contributed by atoms with van der Waals surface area (Å²) in [5.41, 5.74) is 0.387. The lowest BCUT2D eigenvalue weighted by atomic mass is 10.0. The first-order chi connectivity index (χ1) is 9.99. The fraction of sp³-hybridized carbons (Fsp3) is 0.357. The van der Waals surface area contributed by atoms with Crippen LogP contribution in [0, 0.1) is 17.5 Å². The molecule has 0 amide bonds. The Morgan fingerprint density at radius 1 is 1.24 bits per heavy atom. The topological polar surface area (TPSA) is 29.9 Å². The van der Waals surface area contributed by atoms with E-state index in [2.05, 4.69) is 26.3 Å². The highest BCUT2D eigenvalue weighted by Crippen LogP contribution is 2.32. The lowest BCUT2D eigenvalue weighted by Gasteiger charge is -2.21. The molecule has 1 aromatic heterocycles. The number of benzene rings is 1. The Morgan fingerprint density at radius 3 is 2.38 bits per heavy atom. The van der Waals surface area contributed by atoms with Gasteiger partial charge in [-0.3, -0.25) is 4.68 Å². The average Bonchev–Trinajstić information content (AvgIpc) is 2.77. The minimum absolute atomic E-state index is 0.214. The smallest absolute Gasteiger partial charge is 0.134 e. The summed E-state index contributed by atoms with van der Waals surface area (Å²) in [4.78, 5) is 0. The van der Waals surface area contributed by atoms with Crippen LogP contribution < -0.4 is 5.32 Å². The van der Waals surface area contributed by atoms with Crippen LogP contribution in [0.3, 0.4) is 0 Å². The number of halogens is 4. The molecule has 0 saturated heterocycles. The molecule has 2 rings (SSSR count). The first kappa shape index (κ1) is 16.0. The Balaban J connectivity index is 2.62. The van der Waals surface area contributed by atoms with E-state index in [1.807, 2.05) is 13.8 Å². The Hall–Kier alpha value is -1.34. The Kier molecular flexibility index (Phi) is 5.05. The average molecular weight is 362 g/mol. The van der Waals surface area contributed by atoms with Crippen molar-refractivity contribution in [2.24, 2.45) is 0 Å². The fourth-order valence-electron chi connectivity index (χ4n) is 2.28. The summed E-state index contributed by atoms with van der Waals surface area (Å²) in [5.74, 6) is -2.78. The molecular formula is C14H15BrF3N3. The van der Waals surface area contributed by atoms with E-state index >= 15 is 0 Å². The van der Waals surface area contributed by atoms with Crippen LogP contribution in [-0.4, -0.2) is 16.3 Å². The van der Waals surface area contributed by atoms with Gasteiger partial charge >= 0.3 is 0 Å². The SMILES string of the molecule is CCNC(c1c(F)cc(F)cc1F)c1c(Br)cnn1CC. The molecule has 3 nitrogen and oxygen atoms in total. The third kappa shape index (κ3) is 3.13. The molecule has 1 N–H and O–H groups in total. The van der Waals surface area contributed by atoms with Crippen molar-refractivity contribution in [3.8, 4) is 0 Å². The second-order valence-electron chi connectivity index (χ2n) is 4.47. The number of hydrogen-bond donors (Lipinski definition) is 1. The van der Waals surface area contributed by atoms with Crippen LogP contribution >= 0.6 is 15.9 Å². The molecule has 0 bridgehead atoms. The first-order valence-electron chi connectivity index (χ1n) is 6.58. The van der Waals surface area contributed by atoms with Gasteiger partial charge in [-0.15, -0.1) is 0 Å². The second-order valence-corrected chi connectivity index (χ2v) is 5.32. The Labute approximate surface area is 129 Å². The van der Waals surface area contributed by atoms with E-state index in [1.54, 1.807) is 10.9 Å². The van der Waals surface area contributed by atoms with Crippen molar-refractivity contribution in [3.05, 3.63) is 51.5 Å². The van der Waals surface area contributed by atoms with E-state index < -0.39 is 23.5 Å². The molecule has 1 aromatic carbocycles. The van der Waals surface area contributed by atoms with E-state index in [0.29, 0.717) is 35.4 Å². The zero-order chi connectivity index (χ0) is 15.6. The maximum Gasteiger partial charge on any atom is 0.134 e. The lowest BCUT2D eigenvalue weighted by Crippen LogP contribution is -2.27. The van der Waals surface area contributed by atoms with E-state index in [9.17, 15) is 13.2 Å². The maximum absolute atomic E-state index is 14.1. The van der Waals surface area contributed by atoms with Crippen LogP contribution in [0.15, 0.2) is 22.8 Å². The highest BCUT2D eigenvalue weighted by Gasteiger charge is 2.27. The van der Waals surface area contributed by atoms with Gasteiger partial charge in [-0.1, -0.05) is 6.92 Å². The van der Waals surface area contributed by atoms with E-state index in [4.69, 9.17) is 0 Å². The van der Waals surface area contributed by atoms with Crippen molar-refractivity contribution in [1.82, 2.24) is 15.1 Å². The van der Waals surface area contributed by atoms with Gasteiger partial charge in [0.15, 0.2) is 0 Å². The third-order valence-electron chi connectivity index (χ3n) is 3.15. The van der Waals surface area contributed by atoms with Crippen molar-refractivity contribution in [1.29, 1.82) is 0 Å². The van der Waals surface area contributed by atoms with Gasteiger partial charge in [-0.05, 0) is 29.4 Å². The van der Waals surface area contributed by atoms with Crippen molar-refractivity contribution in [2.45, 2.75) is 26.4 Å². The van der Waals surface area contributed by atoms with Crippen LogP contribution in [0.4, 0.5) is 13.2 Å². The Bertz CT molecular complexity index is 619. The summed E-state index contributed by atoms with van der Waals surface area (Å²) in [7, 11) is 0. The van der Waals surface area contributed by atoms with Crippen LogP contribution in [0.1, 0.15) is 31.1 Å². The molecule has 0 spiro atoms. The minimum Gasteiger partial charge on any atom is -0.305 e. The lowest BCUT2D eigenvalue weighted by molar-refractivity contribution is 0.471. The molecule has 0 aliphatic carbocycles. The molecule has 21 heavy (non-hydrogen) atoms. The van der Waals surface area contributed by atoms with E-state index in [0.717, 1.165) is 0 Å². The largest absolute Gasteiger partial charge is 0.305 e. The molecule has 1 atom stereocenters. The van der Waals surface area contributed by atoms with Gasteiger partial charge in [0.25, 0.3) is 0 Å². The molecule has 0 aliphatic rings. The fourth-order valence-corrected chi connectivity index (χ4v) is 2.80. The summed E-state index contributed by atoms with van der Waals surface area (Å²) >= 11 is 3.35. The van der Waals surface area contributed by atoms with Crippen LogP contribution in [0.25, 0.3) is 0 Å². The van der Waals surface area contributed by atoms with Gasteiger partial charge in [0.05, 0.1) is 22.4 Å². The van der Waals surface area contributed by atoms with Crippen molar-refractivity contribution < 1.29 is 13.2 Å². The molecule has 1 heterocycles. The van der Waals surface area contributed by atoms with Crippen molar-refractivity contribution in [3.63, 3.8) is 0 Å². The van der Waals surface area contributed by atoms with Crippen molar-refractivity contribution >= 4 is 15.9 Å². The minimum atomic E-state index is -0.938. The number of nitrogens with one attached hydrogen (secondary N) is 1. The third-order valence-corrected chi connectivity index (χ3v) is 3.76. The predicted octanol–water partition coefficient (Wildman–Crippen LogP) is 3.78. The molecule has 0 fully saturated rings. The monoisotopic (exact) mass is 361 g/mol. The highest BCUT2D eigenvalue weighted by molar-refractivity contribution is 9.10. The number of nitrogens with zero attached hydrogens (tertiary/aromatic N) is 2. The molecule has 114 valence electrons. The van der Waals surface area contributed by atoms with Gasteiger partial charge in [0, 0.05) is 24.2 Å². The summed E-state index contributed by atoms with van der Waals surface area (Å²) in [5, 5.41) is 7.18. The quantitative estimate of drug-likeness (QED) is 0.878. The zero-order valence-corrected chi connectivity index (χ0v) is 13.2. The van der Waals surface area contributed by atoms with Gasteiger partial charge in [0.1, 0.15) is 17.5 Å². The van der Waals surface area contributed by atoms with Gasteiger partial charge < -0.3 is 5.32 Å². The number of hydrogen-bond acceptors (Lipinski definition) is 2. The van der Waals surface area contributed by atoms with E-state index in [-0.39, 0.29) is 5.56 Å². The summed E-state index contributed by atoms with van der Waals surface area (Å²) in [6.07, 6.45) is 1.57. The zero-order valence-electron chi connectivity index (χ0n) is 11.6.